The summed E-state index contributed by atoms with van der Waals surface area (Å²) in [7, 11) is 0. The molecule has 0 aliphatic carbocycles. The molecule has 7 aromatic carbocycles. The Balaban J connectivity index is 1.40. The quantitative estimate of drug-likeness (QED) is 0.186. The molecule has 5 heteroatoms. The van der Waals surface area contributed by atoms with Crippen LogP contribution in [-0.2, 0) is 0 Å². The molecule has 0 atom stereocenters. The fourth-order valence-electron chi connectivity index (χ4n) is 6.44. The molecule has 0 aliphatic heterocycles. The van der Waals surface area contributed by atoms with E-state index in [4.69, 9.17) is 33.1 Å². The van der Waals surface area contributed by atoms with Gasteiger partial charge in [-0.25, -0.2) is 15.0 Å². The van der Waals surface area contributed by atoms with Crippen molar-refractivity contribution >= 4 is 43.7 Å². The van der Waals surface area contributed by atoms with Crippen molar-refractivity contribution < 1.29 is 20.9 Å². The molecule has 5 nitrogen and oxygen atoms in total. The zero-order chi connectivity index (χ0) is 43.5. The van der Waals surface area contributed by atoms with Gasteiger partial charge in [-0.3, -0.25) is 0 Å². The van der Waals surface area contributed by atoms with Crippen LogP contribution in [0.15, 0.2) is 174 Å². The molecule has 0 aliphatic rings. The molecular formula is C45H28N4O. The van der Waals surface area contributed by atoms with Crippen LogP contribution in [0.3, 0.4) is 0 Å². The monoisotopic (exact) mass is 652 g/mol. The fourth-order valence-corrected chi connectivity index (χ4v) is 6.44. The number of para-hydroxylation sites is 5. The van der Waals surface area contributed by atoms with Crippen molar-refractivity contribution in [1.82, 2.24) is 19.5 Å². The Morgan fingerprint density at radius 1 is 0.480 bits per heavy atom. The second kappa shape index (κ2) is 11.4. The highest BCUT2D eigenvalue weighted by atomic mass is 16.3. The van der Waals surface area contributed by atoms with E-state index in [1.165, 1.54) is 0 Å². The van der Waals surface area contributed by atoms with Gasteiger partial charge in [-0.1, -0.05) is 127 Å². The third-order valence-electron chi connectivity index (χ3n) is 8.66. The number of benzene rings is 7. The molecular weight excluding hydrogens is 613 g/mol. The number of hydrogen-bond donors (Lipinski definition) is 0. The summed E-state index contributed by atoms with van der Waals surface area (Å²) >= 11 is 0. The van der Waals surface area contributed by atoms with Crippen LogP contribution in [0.4, 0.5) is 0 Å². The van der Waals surface area contributed by atoms with Gasteiger partial charge in [0.15, 0.2) is 17.5 Å². The molecule has 0 saturated carbocycles. The van der Waals surface area contributed by atoms with Crippen LogP contribution in [0.5, 0.6) is 0 Å². The van der Waals surface area contributed by atoms with Crippen molar-refractivity contribution in [2.45, 2.75) is 0 Å². The highest BCUT2D eigenvalue weighted by Crippen LogP contribution is 2.39. The Hall–Kier alpha value is -6.85. The number of nitrogens with zero attached hydrogens (tertiary/aromatic N) is 4. The molecule has 0 saturated heterocycles. The van der Waals surface area contributed by atoms with E-state index in [0.717, 1.165) is 26.5 Å². The zero-order valence-electron chi connectivity index (χ0n) is 37.9. The van der Waals surface area contributed by atoms with Gasteiger partial charge in [0.05, 0.1) is 33.0 Å². The van der Waals surface area contributed by atoms with Gasteiger partial charge in [0, 0.05) is 38.4 Å². The molecule has 50 heavy (non-hydrogen) atoms. The van der Waals surface area contributed by atoms with E-state index in [0.29, 0.717) is 22.3 Å². The van der Waals surface area contributed by atoms with E-state index in [1.807, 2.05) is 84.9 Å². The smallest absolute Gasteiger partial charge is 0.167 e. The van der Waals surface area contributed by atoms with E-state index >= 15 is 0 Å². The minimum atomic E-state index is -0.727. The molecule has 3 aromatic heterocycles. The Morgan fingerprint density at radius 2 is 1.16 bits per heavy atom. The Labute approximate surface area is 304 Å². The summed E-state index contributed by atoms with van der Waals surface area (Å²) in [6, 6.07) is 22.1. The van der Waals surface area contributed by atoms with Crippen molar-refractivity contribution in [3.05, 3.63) is 170 Å². The first-order valence-corrected chi connectivity index (χ1v) is 15.7. The maximum Gasteiger partial charge on any atom is 0.167 e. The van der Waals surface area contributed by atoms with Gasteiger partial charge in [0.1, 0.15) is 11.2 Å². The van der Waals surface area contributed by atoms with E-state index in [2.05, 4.69) is 0 Å². The van der Waals surface area contributed by atoms with Gasteiger partial charge in [-0.15, -0.1) is 0 Å². The van der Waals surface area contributed by atoms with Gasteiger partial charge in [-0.2, -0.15) is 0 Å². The Kier molecular flexibility index (Phi) is 4.24. The second-order valence-electron chi connectivity index (χ2n) is 11.5. The number of hydrogen-bond acceptors (Lipinski definition) is 4. The molecule has 234 valence electrons. The van der Waals surface area contributed by atoms with E-state index < -0.39 is 78.2 Å². The average molecular weight is 653 g/mol. The summed E-state index contributed by atoms with van der Waals surface area (Å²) in [5.74, 6) is -0.0124. The van der Waals surface area contributed by atoms with Crippen molar-refractivity contribution in [3.63, 3.8) is 0 Å². The first-order chi connectivity index (χ1) is 29.8. The number of rotatable bonds is 5. The van der Waals surface area contributed by atoms with Crippen molar-refractivity contribution in [2.75, 3.05) is 0 Å². The molecule has 0 bridgehead atoms. The first kappa shape index (κ1) is 18.6. The predicted octanol–water partition coefficient (Wildman–Crippen LogP) is 11.5. The average Bonchev–Trinajstić information content (AvgIpc) is 3.85. The molecule has 10 aromatic rings. The number of fused-ring (bicyclic) bond motifs is 6. The lowest BCUT2D eigenvalue weighted by atomic mass is 10.0. The summed E-state index contributed by atoms with van der Waals surface area (Å²) < 4.78 is 114. The van der Waals surface area contributed by atoms with Crippen LogP contribution in [0, 0.1) is 0 Å². The molecule has 10 rings (SSSR count). The van der Waals surface area contributed by atoms with Gasteiger partial charge in [0.25, 0.3) is 0 Å². The highest BCUT2D eigenvalue weighted by Gasteiger charge is 2.21. The normalized spacial score (nSPS) is 15.0. The Bertz CT molecular complexity index is 3540. The second-order valence-corrected chi connectivity index (χ2v) is 11.5. The zero-order valence-corrected chi connectivity index (χ0v) is 25.9. The van der Waals surface area contributed by atoms with Gasteiger partial charge >= 0.3 is 0 Å². The minimum Gasteiger partial charge on any atom is -0.455 e. The SMILES string of the molecule is [2H]c1c([2H])c([2H])c(-n2c3c([2H])c([2H])c([2H])c([2H])c3c3c([2H])c([2H])c([2H])c(-c4nc(-c5cccc(-c6ccccc6)c5)nc(-c5cccc6c5oc5ccccc56)n4)c32)c([2H])c1[2H]. The van der Waals surface area contributed by atoms with Crippen LogP contribution >= 0.6 is 0 Å². The molecule has 0 amide bonds. The highest BCUT2D eigenvalue weighted by molar-refractivity contribution is 6.13. The summed E-state index contributed by atoms with van der Waals surface area (Å²) in [5, 5.41) is 1.13. The first-order valence-electron chi connectivity index (χ1n) is 21.7. The standard InChI is InChI=1S/C45H28N4O/c1-3-14-29(15-4-1)30-16-11-17-31(28-30)43-46-44(48-45(47-43)38-25-13-23-36-34-21-8-10-27-40(34)50-42(36)38)37-24-12-22-35-33-20-7-9-26-39(33)49(41(35)37)32-18-5-2-6-19-32/h1-28H/i2D,5D,6D,7D,9D,12D,18D,19D,20D,22D,24D,26D. The third kappa shape index (κ3) is 4.52. The van der Waals surface area contributed by atoms with E-state index in [1.54, 1.807) is 12.1 Å². The van der Waals surface area contributed by atoms with E-state index in [9.17, 15) is 2.74 Å². The summed E-state index contributed by atoms with van der Waals surface area (Å²) in [4.78, 5) is 14.8. The van der Waals surface area contributed by atoms with Crippen molar-refractivity contribution in [2.24, 2.45) is 0 Å². The lowest BCUT2D eigenvalue weighted by Crippen LogP contribution is -2.02. The molecule has 0 radical (unpaired) electrons. The maximum absolute atomic E-state index is 9.50. The van der Waals surface area contributed by atoms with Crippen LogP contribution < -0.4 is 0 Å². The van der Waals surface area contributed by atoms with Crippen LogP contribution in [0.2, 0.25) is 0 Å². The summed E-state index contributed by atoms with van der Waals surface area (Å²) in [6.45, 7) is 0. The Morgan fingerprint density at radius 3 is 2.06 bits per heavy atom. The molecule has 0 fully saturated rings. The predicted molar refractivity (Wildman–Crippen MR) is 203 cm³/mol. The van der Waals surface area contributed by atoms with Crippen molar-refractivity contribution in [3.8, 4) is 51.0 Å². The summed E-state index contributed by atoms with van der Waals surface area (Å²) in [5.41, 5.74) is 2.47. The minimum absolute atomic E-state index is 0.0866. The van der Waals surface area contributed by atoms with Gasteiger partial charge in [0.2, 0.25) is 0 Å². The van der Waals surface area contributed by atoms with Gasteiger partial charge in [-0.05, 0) is 53.5 Å². The van der Waals surface area contributed by atoms with Crippen LogP contribution in [0.25, 0.3) is 94.7 Å². The molecule has 0 unspecified atom stereocenters. The lowest BCUT2D eigenvalue weighted by molar-refractivity contribution is 0.669. The van der Waals surface area contributed by atoms with Gasteiger partial charge < -0.3 is 8.98 Å². The topological polar surface area (TPSA) is 56.7 Å². The molecule has 3 heterocycles. The fraction of sp³-hybridized carbons (Fsp3) is 0. The number of aromatic nitrogens is 4. The van der Waals surface area contributed by atoms with Crippen LogP contribution in [0.1, 0.15) is 16.4 Å². The largest absolute Gasteiger partial charge is 0.455 e. The van der Waals surface area contributed by atoms with Crippen LogP contribution in [-0.4, -0.2) is 19.5 Å². The van der Waals surface area contributed by atoms with Crippen molar-refractivity contribution in [1.29, 1.82) is 0 Å². The summed E-state index contributed by atoms with van der Waals surface area (Å²) in [6.07, 6.45) is 0. The van der Waals surface area contributed by atoms with E-state index in [-0.39, 0.29) is 44.8 Å². The lowest BCUT2D eigenvalue weighted by Gasteiger charge is -2.13. The third-order valence-corrected chi connectivity index (χ3v) is 8.66. The number of furan rings is 1. The maximum atomic E-state index is 9.50. The molecule has 0 N–H and O–H groups in total. The molecule has 0 spiro atoms.